The van der Waals surface area contributed by atoms with Gasteiger partial charge in [-0.1, -0.05) is 35.6 Å². The molecule has 0 aliphatic heterocycles. The van der Waals surface area contributed by atoms with Crippen LogP contribution < -0.4 is 9.70 Å². The summed E-state index contributed by atoms with van der Waals surface area (Å²) in [5.41, 5.74) is 4.95. The number of likely N-dealkylation sites (N-methyl/N-ethyl adjacent to an activating group) is 2. The Hall–Kier alpha value is -3.62. The third-order valence-corrected chi connectivity index (χ3v) is 6.98. The summed E-state index contributed by atoms with van der Waals surface area (Å²) in [7, 11) is 8.67. The van der Waals surface area contributed by atoms with Crippen molar-refractivity contribution >= 4 is 44.8 Å². The van der Waals surface area contributed by atoms with Crippen molar-refractivity contribution in [3.63, 3.8) is 0 Å². The number of anilines is 1. The Morgan fingerprint density at radius 1 is 0.889 bits per heavy atom. The summed E-state index contributed by atoms with van der Waals surface area (Å²) in [4.78, 5) is 3.25. The maximum Gasteiger partial charge on any atom is 0.211 e. The normalized spacial score (nSPS) is 12.9. The van der Waals surface area contributed by atoms with E-state index in [0.29, 0.717) is 0 Å². The average molecular weight is 501 g/mol. The summed E-state index contributed by atoms with van der Waals surface area (Å²) in [5, 5.41) is 17.5. The smallest absolute Gasteiger partial charge is 0.211 e. The van der Waals surface area contributed by atoms with E-state index in [2.05, 4.69) is 82.2 Å². The van der Waals surface area contributed by atoms with Gasteiger partial charge in [-0.2, -0.15) is 15.3 Å². The maximum atomic E-state index is 4.40. The van der Waals surface area contributed by atoms with E-state index in [1.54, 1.807) is 17.6 Å². The Bertz CT molecular complexity index is 1410. The molecule has 4 rings (SSSR count). The van der Waals surface area contributed by atoms with Crippen molar-refractivity contribution in [1.82, 2.24) is 4.57 Å². The second-order valence-corrected chi connectivity index (χ2v) is 10.7. The highest BCUT2D eigenvalue weighted by molar-refractivity contribution is 7.16. The number of quaternary nitrogens is 1. The quantitative estimate of drug-likeness (QED) is 0.118. The topological polar surface area (TPSA) is 57.6 Å². The average Bonchev–Trinajstić information content (AvgIpc) is 3.19. The molecule has 0 amide bonds. The second-order valence-electron chi connectivity index (χ2n) is 9.66. The molecule has 0 unspecified atom stereocenters. The van der Waals surface area contributed by atoms with Gasteiger partial charge in [0.25, 0.3) is 0 Å². The van der Waals surface area contributed by atoms with Crippen LogP contribution in [-0.4, -0.2) is 56.0 Å². The number of fused-ring (bicyclic) bond motifs is 1. The largest absolute Gasteiger partial charge is 0.366 e. The second kappa shape index (κ2) is 11.4. The van der Waals surface area contributed by atoms with Gasteiger partial charge in [0.15, 0.2) is 0 Å². The zero-order valence-electron chi connectivity index (χ0n) is 21.7. The van der Waals surface area contributed by atoms with E-state index in [9.17, 15) is 0 Å². The highest BCUT2D eigenvalue weighted by atomic mass is 32.1. The fourth-order valence-corrected chi connectivity index (χ4v) is 4.66. The molecule has 0 radical (unpaired) electrons. The van der Waals surface area contributed by atoms with Crippen LogP contribution >= 0.6 is 11.3 Å². The summed E-state index contributed by atoms with van der Waals surface area (Å²) in [6, 6.07) is 24.3. The van der Waals surface area contributed by atoms with Crippen LogP contribution in [0.4, 0.5) is 17.1 Å². The van der Waals surface area contributed by atoms with Gasteiger partial charge in [-0.05, 0) is 61.0 Å². The maximum absolute atomic E-state index is 4.40. The van der Waals surface area contributed by atoms with E-state index in [1.807, 2.05) is 55.6 Å². The van der Waals surface area contributed by atoms with Gasteiger partial charge in [-0.15, -0.1) is 5.10 Å². The molecule has 1 aromatic heterocycles. The third-order valence-electron chi connectivity index (χ3n) is 5.88. The molecule has 7 nitrogen and oxygen atoms in total. The Morgan fingerprint density at radius 3 is 2.14 bits per heavy atom. The van der Waals surface area contributed by atoms with Gasteiger partial charge in [0, 0.05) is 19.3 Å². The highest BCUT2D eigenvalue weighted by Gasteiger charge is 2.11. The first-order valence-electron chi connectivity index (χ1n) is 12.1. The molecule has 3 aromatic carbocycles. The van der Waals surface area contributed by atoms with Crippen molar-refractivity contribution in [1.29, 1.82) is 0 Å². The van der Waals surface area contributed by atoms with E-state index >= 15 is 0 Å². The highest BCUT2D eigenvalue weighted by Crippen LogP contribution is 2.22. The molecule has 4 aromatic rings. The number of rotatable bonds is 9. The molecule has 0 saturated heterocycles. The molecule has 36 heavy (non-hydrogen) atoms. The van der Waals surface area contributed by atoms with Crippen molar-refractivity contribution in [2.45, 2.75) is 6.92 Å². The fourth-order valence-electron chi connectivity index (χ4n) is 3.69. The molecule has 0 N–H and O–H groups in total. The molecule has 186 valence electrons. The molecule has 0 atom stereocenters. The molecule has 0 aliphatic rings. The zero-order chi connectivity index (χ0) is 25.5. The number of benzene rings is 3. The van der Waals surface area contributed by atoms with Gasteiger partial charge >= 0.3 is 0 Å². The van der Waals surface area contributed by atoms with Gasteiger partial charge in [0.1, 0.15) is 0 Å². The van der Waals surface area contributed by atoms with Gasteiger partial charge < -0.3 is 14.0 Å². The minimum Gasteiger partial charge on any atom is -0.366 e. The Kier molecular flexibility index (Phi) is 8.07. The first-order chi connectivity index (χ1) is 17.3. The number of nitrogens with zero attached hydrogens (tertiary/aromatic N) is 7. The van der Waals surface area contributed by atoms with Crippen LogP contribution in [0.5, 0.6) is 0 Å². The standard InChI is InChI=1S/C28H34N7S/c1-6-34(19-20-35(3,4)5)25-17-15-24(16-18-25)31-30-23-13-11-22(12-14-23)21-29-32-28-33(2)26-9-7-8-10-27(26)36-28/h7-18,21H,6,19-20H2,1-5H3/q+1/b29-21+,31-30?,32-28-. The minimum atomic E-state index is 0.794. The molecule has 1 heterocycles. The predicted molar refractivity (Wildman–Crippen MR) is 152 cm³/mol. The molecular weight excluding hydrogens is 466 g/mol. The molecular formula is C28H34N7S+. The minimum absolute atomic E-state index is 0.794. The molecule has 0 fully saturated rings. The third kappa shape index (κ3) is 6.74. The Balaban J connectivity index is 1.37. The lowest BCUT2D eigenvalue weighted by molar-refractivity contribution is -0.868. The van der Waals surface area contributed by atoms with Crippen LogP contribution in [0.15, 0.2) is 93.2 Å². The molecule has 8 heteroatoms. The van der Waals surface area contributed by atoms with Crippen LogP contribution in [0.2, 0.25) is 0 Å². The SMILES string of the molecule is CCN(CC[N+](C)(C)C)c1ccc(N=Nc2ccc(/C=N/N=c3\sc4ccccc4n3C)cc2)cc1. The Labute approximate surface area is 217 Å². The Morgan fingerprint density at radius 2 is 1.53 bits per heavy atom. The number of hydrogen-bond acceptors (Lipinski definition) is 6. The van der Waals surface area contributed by atoms with Crippen molar-refractivity contribution in [2.24, 2.45) is 27.5 Å². The van der Waals surface area contributed by atoms with Crippen molar-refractivity contribution in [2.75, 3.05) is 45.7 Å². The van der Waals surface area contributed by atoms with Crippen LogP contribution in [0.25, 0.3) is 10.2 Å². The van der Waals surface area contributed by atoms with Crippen LogP contribution in [0.3, 0.4) is 0 Å². The van der Waals surface area contributed by atoms with Crippen molar-refractivity contribution in [3.8, 4) is 0 Å². The molecule has 0 spiro atoms. The number of para-hydroxylation sites is 1. The lowest BCUT2D eigenvalue weighted by Crippen LogP contribution is -2.42. The summed E-state index contributed by atoms with van der Waals surface area (Å²) in [5.74, 6) is 0. The van der Waals surface area contributed by atoms with E-state index in [-0.39, 0.29) is 0 Å². The molecule has 0 saturated carbocycles. The fraction of sp³-hybridized carbons (Fsp3) is 0.286. The van der Waals surface area contributed by atoms with Crippen LogP contribution in [0, 0.1) is 0 Å². The number of thiazole rings is 1. The van der Waals surface area contributed by atoms with Crippen molar-refractivity contribution < 1.29 is 4.48 Å². The lowest BCUT2D eigenvalue weighted by Gasteiger charge is -2.29. The van der Waals surface area contributed by atoms with Gasteiger partial charge in [0.2, 0.25) is 4.80 Å². The van der Waals surface area contributed by atoms with Gasteiger partial charge in [-0.3, -0.25) is 0 Å². The summed E-state index contributed by atoms with van der Waals surface area (Å²) in [6.07, 6.45) is 1.75. The van der Waals surface area contributed by atoms with E-state index in [0.717, 1.165) is 51.4 Å². The van der Waals surface area contributed by atoms with Crippen LogP contribution in [0.1, 0.15) is 12.5 Å². The van der Waals surface area contributed by atoms with E-state index in [1.165, 1.54) is 10.4 Å². The van der Waals surface area contributed by atoms with Gasteiger partial charge in [0.05, 0.1) is 62.0 Å². The summed E-state index contributed by atoms with van der Waals surface area (Å²) < 4.78 is 4.20. The summed E-state index contributed by atoms with van der Waals surface area (Å²) in [6.45, 7) is 5.28. The first-order valence-corrected chi connectivity index (χ1v) is 12.9. The first kappa shape index (κ1) is 25.5. The number of hydrogen-bond donors (Lipinski definition) is 0. The number of aromatic nitrogens is 1. The monoisotopic (exact) mass is 500 g/mol. The number of aryl methyl sites for hydroxylation is 1. The van der Waals surface area contributed by atoms with Crippen LogP contribution in [-0.2, 0) is 7.05 Å². The lowest BCUT2D eigenvalue weighted by atomic mass is 10.2. The number of azo groups is 1. The molecule has 0 bridgehead atoms. The van der Waals surface area contributed by atoms with E-state index in [4.69, 9.17) is 0 Å². The zero-order valence-corrected chi connectivity index (χ0v) is 22.5. The van der Waals surface area contributed by atoms with E-state index < -0.39 is 0 Å². The van der Waals surface area contributed by atoms with Crippen molar-refractivity contribution in [3.05, 3.63) is 83.2 Å². The van der Waals surface area contributed by atoms with Gasteiger partial charge in [-0.25, -0.2) is 0 Å². The summed E-state index contributed by atoms with van der Waals surface area (Å²) >= 11 is 1.62. The molecule has 0 aliphatic carbocycles. The predicted octanol–water partition coefficient (Wildman–Crippen LogP) is 6.12.